The molecule has 2 aliphatic rings. The third-order valence-corrected chi connectivity index (χ3v) is 3.87. The Bertz CT molecular complexity index is 465. The molecular formula is C13H16ClFN2O. The Balaban J connectivity index is 1.90. The molecule has 0 bridgehead atoms. The lowest BCUT2D eigenvalue weighted by Gasteiger charge is -2.22. The highest BCUT2D eigenvalue weighted by Gasteiger charge is 2.27. The van der Waals surface area contributed by atoms with Gasteiger partial charge in [-0.2, -0.15) is 0 Å². The minimum atomic E-state index is -0.388. The molecule has 1 aromatic carbocycles. The molecule has 1 aromatic rings. The van der Waals surface area contributed by atoms with Gasteiger partial charge in [0.05, 0.1) is 22.5 Å². The van der Waals surface area contributed by atoms with Crippen LogP contribution in [0.2, 0.25) is 5.02 Å². The molecule has 98 valence electrons. The number of anilines is 2. The number of hydrogen-bond donors (Lipinski definition) is 2. The highest BCUT2D eigenvalue weighted by atomic mass is 35.5. The molecule has 5 heteroatoms. The van der Waals surface area contributed by atoms with E-state index in [1.165, 1.54) is 6.07 Å². The average molecular weight is 271 g/mol. The highest BCUT2D eigenvalue weighted by molar-refractivity contribution is 6.36. The van der Waals surface area contributed by atoms with E-state index in [1.807, 2.05) is 4.90 Å². The smallest absolute Gasteiger partial charge is 0.148 e. The second-order valence-electron chi connectivity index (χ2n) is 5.06. The van der Waals surface area contributed by atoms with Gasteiger partial charge < -0.3 is 15.3 Å². The summed E-state index contributed by atoms with van der Waals surface area (Å²) in [6.45, 7) is 1.09. The van der Waals surface area contributed by atoms with Crippen LogP contribution in [-0.2, 0) is 0 Å². The fourth-order valence-electron chi connectivity index (χ4n) is 2.33. The Morgan fingerprint density at radius 3 is 2.72 bits per heavy atom. The third-order valence-electron chi connectivity index (χ3n) is 3.48. The second kappa shape index (κ2) is 4.59. The van der Waals surface area contributed by atoms with Gasteiger partial charge in [-0.1, -0.05) is 11.6 Å². The van der Waals surface area contributed by atoms with Crippen molar-refractivity contribution in [2.24, 2.45) is 0 Å². The first kappa shape index (κ1) is 12.1. The summed E-state index contributed by atoms with van der Waals surface area (Å²) in [5, 5.41) is 13.3. The summed E-state index contributed by atoms with van der Waals surface area (Å²) in [6.07, 6.45) is 2.56. The molecule has 0 amide bonds. The van der Waals surface area contributed by atoms with Crippen molar-refractivity contribution in [3.8, 4) is 0 Å². The van der Waals surface area contributed by atoms with Crippen LogP contribution in [0.5, 0.6) is 0 Å². The van der Waals surface area contributed by atoms with Crippen LogP contribution >= 0.6 is 11.6 Å². The Hall–Kier alpha value is -1.00. The number of benzene rings is 1. The summed E-state index contributed by atoms with van der Waals surface area (Å²) < 4.78 is 13.9. The quantitative estimate of drug-likeness (QED) is 0.886. The minimum absolute atomic E-state index is 0.324. The van der Waals surface area contributed by atoms with Crippen molar-refractivity contribution in [2.45, 2.75) is 31.4 Å². The fraction of sp³-hybridized carbons (Fsp3) is 0.538. The van der Waals surface area contributed by atoms with Crippen molar-refractivity contribution < 1.29 is 9.50 Å². The van der Waals surface area contributed by atoms with Crippen molar-refractivity contribution >= 4 is 23.0 Å². The van der Waals surface area contributed by atoms with Gasteiger partial charge in [-0.05, 0) is 31.4 Å². The zero-order valence-corrected chi connectivity index (χ0v) is 10.8. The average Bonchev–Trinajstić information content (AvgIpc) is 3.05. The zero-order valence-electron chi connectivity index (χ0n) is 10.00. The van der Waals surface area contributed by atoms with E-state index < -0.39 is 0 Å². The van der Waals surface area contributed by atoms with Crippen LogP contribution in [0.25, 0.3) is 0 Å². The molecule has 3 nitrogen and oxygen atoms in total. The first-order chi connectivity index (χ1) is 8.65. The number of hydrogen-bond acceptors (Lipinski definition) is 3. The van der Waals surface area contributed by atoms with Gasteiger partial charge in [-0.15, -0.1) is 0 Å². The lowest BCUT2D eigenvalue weighted by atomic mass is 10.2. The highest BCUT2D eigenvalue weighted by Crippen LogP contribution is 2.38. The summed E-state index contributed by atoms with van der Waals surface area (Å²) in [5.41, 5.74) is 1.20. The molecule has 1 aliphatic heterocycles. The van der Waals surface area contributed by atoms with Crippen LogP contribution < -0.4 is 10.2 Å². The van der Waals surface area contributed by atoms with Crippen LogP contribution in [0, 0.1) is 5.82 Å². The van der Waals surface area contributed by atoms with E-state index in [0.29, 0.717) is 36.3 Å². The van der Waals surface area contributed by atoms with Gasteiger partial charge in [0, 0.05) is 19.1 Å². The molecule has 0 aromatic heterocycles. The van der Waals surface area contributed by atoms with Gasteiger partial charge in [0.25, 0.3) is 0 Å². The minimum Gasteiger partial charge on any atom is -0.391 e. The molecule has 1 saturated carbocycles. The van der Waals surface area contributed by atoms with Gasteiger partial charge >= 0.3 is 0 Å². The topological polar surface area (TPSA) is 35.5 Å². The Kier molecular flexibility index (Phi) is 3.08. The van der Waals surface area contributed by atoms with E-state index in [2.05, 4.69) is 5.32 Å². The standard InChI is InChI=1S/C13H16ClFN2O/c14-12-11(16-8-1-2-8)4-3-10(15)13(12)17-6-5-9(18)7-17/h3-4,8-9,16,18H,1-2,5-7H2. The summed E-state index contributed by atoms with van der Waals surface area (Å²) in [7, 11) is 0. The second-order valence-corrected chi connectivity index (χ2v) is 5.44. The molecule has 18 heavy (non-hydrogen) atoms. The van der Waals surface area contributed by atoms with Crippen LogP contribution in [0.1, 0.15) is 19.3 Å². The number of nitrogens with one attached hydrogen (secondary N) is 1. The lowest BCUT2D eigenvalue weighted by molar-refractivity contribution is 0.198. The first-order valence-corrected chi connectivity index (χ1v) is 6.70. The first-order valence-electron chi connectivity index (χ1n) is 6.32. The predicted molar refractivity (Wildman–Crippen MR) is 70.9 cm³/mol. The maximum Gasteiger partial charge on any atom is 0.148 e. The van der Waals surface area contributed by atoms with E-state index in [4.69, 9.17) is 11.6 Å². The van der Waals surface area contributed by atoms with Crippen LogP contribution in [0.3, 0.4) is 0 Å². The van der Waals surface area contributed by atoms with Crippen LogP contribution in [0.4, 0.5) is 15.8 Å². The molecular weight excluding hydrogens is 255 g/mol. The van der Waals surface area contributed by atoms with Gasteiger partial charge in [-0.3, -0.25) is 0 Å². The Labute approximate surface area is 111 Å². The Morgan fingerprint density at radius 1 is 1.33 bits per heavy atom. The molecule has 3 rings (SSSR count). The fourth-order valence-corrected chi connectivity index (χ4v) is 2.66. The van der Waals surface area contributed by atoms with Crippen molar-refractivity contribution in [1.82, 2.24) is 0 Å². The molecule has 0 spiro atoms. The van der Waals surface area contributed by atoms with Crippen LogP contribution in [0.15, 0.2) is 12.1 Å². The van der Waals surface area contributed by atoms with Gasteiger partial charge in [0.15, 0.2) is 0 Å². The number of nitrogens with zero attached hydrogens (tertiary/aromatic N) is 1. The molecule has 1 saturated heterocycles. The van der Waals surface area contributed by atoms with E-state index in [0.717, 1.165) is 18.5 Å². The number of β-amino-alcohol motifs (C(OH)–C–C–N with tert-alkyl or cyclic N) is 1. The van der Waals surface area contributed by atoms with Crippen molar-refractivity contribution in [3.63, 3.8) is 0 Å². The molecule has 1 unspecified atom stereocenters. The Morgan fingerprint density at radius 2 is 2.11 bits per heavy atom. The van der Waals surface area contributed by atoms with E-state index in [-0.39, 0.29) is 11.9 Å². The molecule has 1 atom stereocenters. The van der Waals surface area contributed by atoms with Gasteiger partial charge in [0.1, 0.15) is 5.82 Å². The van der Waals surface area contributed by atoms with Crippen molar-refractivity contribution in [1.29, 1.82) is 0 Å². The lowest BCUT2D eigenvalue weighted by Crippen LogP contribution is -2.23. The number of aliphatic hydroxyl groups is 1. The molecule has 1 heterocycles. The molecule has 2 N–H and O–H groups in total. The van der Waals surface area contributed by atoms with Crippen LogP contribution in [-0.4, -0.2) is 30.3 Å². The summed E-state index contributed by atoms with van der Waals surface area (Å²) in [5.74, 6) is -0.324. The van der Waals surface area contributed by atoms with Crippen molar-refractivity contribution in [3.05, 3.63) is 23.0 Å². The normalized spacial score (nSPS) is 23.5. The number of rotatable bonds is 3. The zero-order chi connectivity index (χ0) is 12.7. The van der Waals surface area contributed by atoms with E-state index >= 15 is 0 Å². The van der Waals surface area contributed by atoms with Crippen molar-refractivity contribution in [2.75, 3.05) is 23.3 Å². The number of halogens is 2. The number of aliphatic hydroxyl groups excluding tert-OH is 1. The molecule has 1 aliphatic carbocycles. The third kappa shape index (κ3) is 2.27. The van der Waals surface area contributed by atoms with Gasteiger partial charge in [0.2, 0.25) is 0 Å². The summed E-state index contributed by atoms with van der Waals surface area (Å²) in [6, 6.07) is 3.60. The maximum absolute atomic E-state index is 13.9. The van der Waals surface area contributed by atoms with Gasteiger partial charge in [-0.25, -0.2) is 4.39 Å². The summed E-state index contributed by atoms with van der Waals surface area (Å²) in [4.78, 5) is 1.82. The largest absolute Gasteiger partial charge is 0.391 e. The maximum atomic E-state index is 13.9. The van der Waals surface area contributed by atoms with E-state index in [9.17, 15) is 9.50 Å². The van der Waals surface area contributed by atoms with E-state index in [1.54, 1.807) is 6.07 Å². The molecule has 2 fully saturated rings. The monoisotopic (exact) mass is 270 g/mol. The summed E-state index contributed by atoms with van der Waals surface area (Å²) >= 11 is 6.29. The predicted octanol–water partition coefficient (Wildman–Crippen LogP) is 2.62. The SMILES string of the molecule is OC1CCN(c2c(F)ccc(NC3CC3)c2Cl)C1. The molecule has 0 radical (unpaired) electrons.